The number of aryl methyl sites for hydroxylation is 1. The normalized spacial score (nSPS) is 24.3. The Morgan fingerprint density at radius 3 is 2.93 bits per heavy atom. The Morgan fingerprint density at radius 2 is 2.40 bits per heavy atom. The molecule has 2 rings (SSSR count). The molecule has 0 amide bonds. The molecule has 1 aliphatic rings. The fraction of sp³-hybridized carbons (Fsp3) is 0.444. The highest BCUT2D eigenvalue weighted by atomic mass is 32.1. The standard InChI is InChI=1S/C9H11N3O2S/c1-5-11-12-9(15-5)10-7-3-2-6(4-7)8(13)14/h2-3,6-7H,4H2,1H3,(H,10,12)(H,13,14). The van der Waals surface area contributed by atoms with E-state index in [1.807, 2.05) is 13.0 Å². The summed E-state index contributed by atoms with van der Waals surface area (Å²) in [5, 5.41) is 21.4. The molecule has 0 aliphatic heterocycles. The van der Waals surface area contributed by atoms with Crippen molar-refractivity contribution in [1.29, 1.82) is 0 Å². The maximum atomic E-state index is 10.7. The van der Waals surface area contributed by atoms with E-state index in [1.165, 1.54) is 11.3 Å². The van der Waals surface area contributed by atoms with Crippen LogP contribution < -0.4 is 5.32 Å². The number of nitrogens with zero attached hydrogens (tertiary/aromatic N) is 2. The van der Waals surface area contributed by atoms with Gasteiger partial charge in [-0.25, -0.2) is 0 Å². The van der Waals surface area contributed by atoms with E-state index in [2.05, 4.69) is 15.5 Å². The third kappa shape index (κ3) is 2.33. The van der Waals surface area contributed by atoms with Crippen LogP contribution in [-0.4, -0.2) is 27.3 Å². The number of carbonyl (C=O) groups is 1. The molecule has 15 heavy (non-hydrogen) atoms. The molecule has 0 fully saturated rings. The van der Waals surface area contributed by atoms with Crippen LogP contribution in [0.1, 0.15) is 11.4 Å². The van der Waals surface area contributed by atoms with Crippen molar-refractivity contribution in [3.63, 3.8) is 0 Å². The molecule has 0 saturated heterocycles. The van der Waals surface area contributed by atoms with E-state index in [0.717, 1.165) is 10.1 Å². The van der Waals surface area contributed by atoms with Crippen LogP contribution in [0.4, 0.5) is 5.13 Å². The van der Waals surface area contributed by atoms with Gasteiger partial charge in [-0.05, 0) is 13.3 Å². The van der Waals surface area contributed by atoms with Crippen molar-refractivity contribution in [3.05, 3.63) is 17.2 Å². The molecule has 2 unspecified atom stereocenters. The SMILES string of the molecule is Cc1nnc(NC2C=CC(C(=O)O)C2)s1. The van der Waals surface area contributed by atoms with Crippen LogP contribution >= 0.6 is 11.3 Å². The summed E-state index contributed by atoms with van der Waals surface area (Å²) in [5.41, 5.74) is 0. The summed E-state index contributed by atoms with van der Waals surface area (Å²) in [4.78, 5) is 10.7. The summed E-state index contributed by atoms with van der Waals surface area (Å²) in [6, 6.07) is 0.0541. The molecule has 1 aliphatic carbocycles. The van der Waals surface area contributed by atoms with Crippen LogP contribution in [0.3, 0.4) is 0 Å². The van der Waals surface area contributed by atoms with Gasteiger partial charge >= 0.3 is 5.97 Å². The number of hydrogen-bond donors (Lipinski definition) is 2. The fourth-order valence-corrected chi connectivity index (χ4v) is 2.16. The molecule has 0 aromatic carbocycles. The Balaban J connectivity index is 1.93. The Labute approximate surface area is 90.8 Å². The minimum Gasteiger partial charge on any atom is -0.481 e. The summed E-state index contributed by atoms with van der Waals surface area (Å²) < 4.78 is 0. The van der Waals surface area contributed by atoms with Gasteiger partial charge in [0.15, 0.2) is 0 Å². The molecule has 2 atom stereocenters. The first-order valence-corrected chi connectivity index (χ1v) is 5.44. The highest BCUT2D eigenvalue weighted by molar-refractivity contribution is 7.15. The predicted molar refractivity (Wildman–Crippen MR) is 56.9 cm³/mol. The number of aromatic nitrogens is 2. The number of anilines is 1. The lowest BCUT2D eigenvalue weighted by Crippen LogP contribution is -2.18. The van der Waals surface area contributed by atoms with E-state index in [1.54, 1.807) is 6.08 Å². The second kappa shape index (κ2) is 3.98. The average Bonchev–Trinajstić information content (AvgIpc) is 2.76. The van der Waals surface area contributed by atoms with Crippen molar-refractivity contribution < 1.29 is 9.90 Å². The van der Waals surface area contributed by atoms with Gasteiger partial charge in [0.1, 0.15) is 5.01 Å². The van der Waals surface area contributed by atoms with E-state index in [4.69, 9.17) is 5.11 Å². The zero-order chi connectivity index (χ0) is 10.8. The van der Waals surface area contributed by atoms with Crippen molar-refractivity contribution in [2.75, 3.05) is 5.32 Å². The van der Waals surface area contributed by atoms with Crippen LogP contribution in [0.15, 0.2) is 12.2 Å². The lowest BCUT2D eigenvalue weighted by molar-refractivity contribution is -0.140. The van der Waals surface area contributed by atoms with Gasteiger partial charge in [0.2, 0.25) is 5.13 Å². The monoisotopic (exact) mass is 225 g/mol. The van der Waals surface area contributed by atoms with Gasteiger partial charge in [-0.1, -0.05) is 23.5 Å². The third-order valence-corrected chi connectivity index (χ3v) is 3.01. The van der Waals surface area contributed by atoms with E-state index >= 15 is 0 Å². The van der Waals surface area contributed by atoms with Crippen LogP contribution in [0.2, 0.25) is 0 Å². The third-order valence-electron chi connectivity index (χ3n) is 2.24. The summed E-state index contributed by atoms with van der Waals surface area (Å²) in [6.07, 6.45) is 4.16. The number of aliphatic carboxylic acids is 1. The first-order chi connectivity index (χ1) is 7.15. The smallest absolute Gasteiger partial charge is 0.310 e. The Kier molecular flexibility index (Phi) is 2.68. The van der Waals surface area contributed by atoms with E-state index in [0.29, 0.717) is 6.42 Å². The first kappa shape index (κ1) is 10.1. The Bertz CT molecular complexity index is 402. The highest BCUT2D eigenvalue weighted by Gasteiger charge is 2.24. The van der Waals surface area contributed by atoms with Crippen molar-refractivity contribution >= 4 is 22.4 Å². The summed E-state index contributed by atoms with van der Waals surface area (Å²) in [7, 11) is 0. The van der Waals surface area contributed by atoms with Crippen LogP contribution in [0.5, 0.6) is 0 Å². The molecule has 5 nitrogen and oxygen atoms in total. The fourth-order valence-electron chi connectivity index (χ4n) is 1.50. The molecule has 0 bridgehead atoms. The van der Waals surface area contributed by atoms with E-state index in [-0.39, 0.29) is 12.0 Å². The van der Waals surface area contributed by atoms with Crippen molar-refractivity contribution in [3.8, 4) is 0 Å². The second-order valence-corrected chi connectivity index (χ2v) is 4.62. The maximum absolute atomic E-state index is 10.7. The zero-order valence-electron chi connectivity index (χ0n) is 8.17. The van der Waals surface area contributed by atoms with Crippen molar-refractivity contribution in [1.82, 2.24) is 10.2 Å². The second-order valence-electron chi connectivity index (χ2n) is 3.44. The van der Waals surface area contributed by atoms with Gasteiger partial charge in [0, 0.05) is 6.04 Å². The van der Waals surface area contributed by atoms with Crippen LogP contribution in [-0.2, 0) is 4.79 Å². The minimum atomic E-state index is -0.774. The molecule has 0 radical (unpaired) electrons. The quantitative estimate of drug-likeness (QED) is 0.758. The lowest BCUT2D eigenvalue weighted by Gasteiger charge is -2.09. The molecule has 1 aromatic heterocycles. The van der Waals surface area contributed by atoms with Crippen LogP contribution in [0.25, 0.3) is 0 Å². The van der Waals surface area contributed by atoms with Gasteiger partial charge in [-0.3, -0.25) is 4.79 Å². The van der Waals surface area contributed by atoms with E-state index < -0.39 is 5.97 Å². The number of nitrogens with one attached hydrogen (secondary N) is 1. The molecule has 80 valence electrons. The highest BCUT2D eigenvalue weighted by Crippen LogP contribution is 2.23. The molecule has 6 heteroatoms. The molecule has 2 N–H and O–H groups in total. The zero-order valence-corrected chi connectivity index (χ0v) is 8.99. The Morgan fingerprint density at radius 1 is 1.60 bits per heavy atom. The number of rotatable bonds is 3. The van der Waals surface area contributed by atoms with Gasteiger partial charge < -0.3 is 10.4 Å². The molecular weight excluding hydrogens is 214 g/mol. The molecule has 0 spiro atoms. The summed E-state index contributed by atoms with van der Waals surface area (Å²) >= 11 is 1.47. The number of hydrogen-bond acceptors (Lipinski definition) is 5. The molecule has 1 heterocycles. The largest absolute Gasteiger partial charge is 0.481 e. The summed E-state index contributed by atoms with van der Waals surface area (Å²) in [5.74, 6) is -1.15. The van der Waals surface area contributed by atoms with Gasteiger partial charge in [-0.2, -0.15) is 0 Å². The minimum absolute atomic E-state index is 0.0541. The van der Waals surface area contributed by atoms with E-state index in [9.17, 15) is 4.79 Å². The number of carboxylic acids is 1. The average molecular weight is 225 g/mol. The lowest BCUT2D eigenvalue weighted by atomic mass is 10.1. The Hall–Kier alpha value is -1.43. The predicted octanol–water partition coefficient (Wildman–Crippen LogP) is 1.29. The van der Waals surface area contributed by atoms with Crippen molar-refractivity contribution in [2.45, 2.75) is 19.4 Å². The summed E-state index contributed by atoms with van der Waals surface area (Å²) in [6.45, 7) is 1.88. The van der Waals surface area contributed by atoms with Gasteiger partial charge in [0.05, 0.1) is 5.92 Å². The van der Waals surface area contributed by atoms with Gasteiger partial charge in [-0.15, -0.1) is 10.2 Å². The van der Waals surface area contributed by atoms with Gasteiger partial charge in [0.25, 0.3) is 0 Å². The first-order valence-electron chi connectivity index (χ1n) is 4.63. The molecule has 0 saturated carbocycles. The topological polar surface area (TPSA) is 75.1 Å². The molecular formula is C9H11N3O2S. The molecule has 1 aromatic rings. The number of carboxylic acid groups (broad SMARTS) is 1. The van der Waals surface area contributed by atoms with Crippen LogP contribution in [0, 0.1) is 12.8 Å². The maximum Gasteiger partial charge on any atom is 0.310 e. The van der Waals surface area contributed by atoms with Crippen molar-refractivity contribution in [2.24, 2.45) is 5.92 Å².